The molecule has 1 saturated heterocycles. The minimum absolute atomic E-state index is 0.406. The van der Waals surface area contributed by atoms with Crippen LogP contribution in [-0.2, 0) is 0 Å². The predicted molar refractivity (Wildman–Crippen MR) is 85.0 cm³/mol. The maximum absolute atomic E-state index is 3.85. The summed E-state index contributed by atoms with van der Waals surface area (Å²) in [4.78, 5) is 2.73. The van der Waals surface area contributed by atoms with Crippen LogP contribution in [0, 0.1) is 6.92 Å². The number of benzene rings is 1. The van der Waals surface area contributed by atoms with Crippen molar-refractivity contribution in [2.45, 2.75) is 64.1 Å². The van der Waals surface area contributed by atoms with Crippen molar-refractivity contribution in [1.82, 2.24) is 10.2 Å². The molecule has 0 amide bonds. The summed E-state index contributed by atoms with van der Waals surface area (Å²) in [5, 5.41) is 3.85. The summed E-state index contributed by atoms with van der Waals surface area (Å²) in [6.45, 7) is 9.33. The summed E-state index contributed by atoms with van der Waals surface area (Å²) < 4.78 is 0. The minimum Gasteiger partial charge on any atom is -0.308 e. The van der Waals surface area contributed by atoms with Gasteiger partial charge in [-0.25, -0.2) is 0 Å². The third kappa shape index (κ3) is 2.51. The Morgan fingerprint density at radius 3 is 2.65 bits per heavy atom. The van der Waals surface area contributed by atoms with E-state index in [2.05, 4.69) is 55.3 Å². The van der Waals surface area contributed by atoms with E-state index in [9.17, 15) is 0 Å². The van der Waals surface area contributed by atoms with Gasteiger partial charge < -0.3 is 5.32 Å². The van der Waals surface area contributed by atoms with Crippen LogP contribution in [0.4, 0.5) is 0 Å². The molecule has 2 fully saturated rings. The Balaban J connectivity index is 1.82. The van der Waals surface area contributed by atoms with Gasteiger partial charge in [0.2, 0.25) is 0 Å². The zero-order valence-corrected chi connectivity index (χ0v) is 13.2. The van der Waals surface area contributed by atoms with Gasteiger partial charge >= 0.3 is 0 Å². The second-order valence-electron chi connectivity index (χ2n) is 6.92. The first-order valence-electron chi connectivity index (χ1n) is 8.18. The smallest absolute Gasteiger partial charge is 0.0326 e. The van der Waals surface area contributed by atoms with Crippen LogP contribution in [0.1, 0.15) is 56.7 Å². The van der Waals surface area contributed by atoms with E-state index in [1.54, 1.807) is 0 Å². The quantitative estimate of drug-likeness (QED) is 0.884. The molecule has 0 aromatic heterocycles. The summed E-state index contributed by atoms with van der Waals surface area (Å²) in [5.41, 5.74) is 3.32. The molecular formula is C18H28N2. The fourth-order valence-corrected chi connectivity index (χ4v) is 4.18. The van der Waals surface area contributed by atoms with Crippen LogP contribution in [0.5, 0.6) is 0 Å². The number of hydrogen-bond donors (Lipinski definition) is 1. The van der Waals surface area contributed by atoms with Crippen molar-refractivity contribution < 1.29 is 0 Å². The number of aryl methyl sites for hydroxylation is 1. The molecule has 1 aliphatic heterocycles. The molecule has 110 valence electrons. The molecule has 2 unspecified atom stereocenters. The lowest BCUT2D eigenvalue weighted by atomic mass is 9.90. The minimum atomic E-state index is 0.406. The van der Waals surface area contributed by atoms with Crippen LogP contribution in [0.15, 0.2) is 24.3 Å². The highest BCUT2D eigenvalue weighted by Gasteiger charge is 2.41. The molecule has 1 aromatic rings. The Morgan fingerprint density at radius 1 is 1.25 bits per heavy atom. The van der Waals surface area contributed by atoms with E-state index in [1.807, 2.05) is 0 Å². The molecule has 2 atom stereocenters. The van der Waals surface area contributed by atoms with Crippen molar-refractivity contribution in [2.75, 3.05) is 13.1 Å². The second-order valence-corrected chi connectivity index (χ2v) is 6.92. The summed E-state index contributed by atoms with van der Waals surface area (Å²) >= 11 is 0. The van der Waals surface area contributed by atoms with E-state index in [1.165, 1.54) is 43.4 Å². The molecule has 1 aromatic carbocycles. The monoisotopic (exact) mass is 272 g/mol. The van der Waals surface area contributed by atoms with Crippen LogP contribution < -0.4 is 5.32 Å². The van der Waals surface area contributed by atoms with Crippen molar-refractivity contribution in [2.24, 2.45) is 0 Å². The van der Waals surface area contributed by atoms with Gasteiger partial charge in [-0.3, -0.25) is 4.90 Å². The van der Waals surface area contributed by atoms with Gasteiger partial charge in [0, 0.05) is 30.7 Å². The predicted octanol–water partition coefficient (Wildman–Crippen LogP) is 3.66. The van der Waals surface area contributed by atoms with Gasteiger partial charge in [0.05, 0.1) is 0 Å². The molecule has 1 spiro atoms. The average molecular weight is 272 g/mol. The zero-order valence-electron chi connectivity index (χ0n) is 13.2. The Hall–Kier alpha value is -0.860. The number of hydrogen-bond acceptors (Lipinski definition) is 2. The molecule has 1 aliphatic carbocycles. The molecule has 2 heteroatoms. The highest BCUT2D eigenvalue weighted by atomic mass is 15.3. The normalized spacial score (nSPS) is 27.9. The van der Waals surface area contributed by atoms with Gasteiger partial charge in [-0.05, 0) is 44.7 Å². The zero-order chi connectivity index (χ0) is 14.2. The Kier molecular flexibility index (Phi) is 3.87. The Bertz CT molecular complexity index is 462. The topological polar surface area (TPSA) is 15.3 Å². The maximum Gasteiger partial charge on any atom is 0.0326 e. The maximum atomic E-state index is 3.85. The molecule has 20 heavy (non-hydrogen) atoms. The molecule has 3 rings (SSSR count). The first-order valence-corrected chi connectivity index (χ1v) is 8.18. The number of nitrogens with one attached hydrogen (secondary N) is 1. The van der Waals surface area contributed by atoms with E-state index >= 15 is 0 Å². The molecule has 1 N–H and O–H groups in total. The lowest BCUT2D eigenvalue weighted by molar-refractivity contribution is 0.0561. The lowest BCUT2D eigenvalue weighted by Gasteiger charge is -2.48. The summed E-state index contributed by atoms with van der Waals surface area (Å²) in [6.07, 6.45) is 5.51. The van der Waals surface area contributed by atoms with Gasteiger partial charge in [-0.15, -0.1) is 0 Å². The van der Waals surface area contributed by atoms with Crippen LogP contribution in [0.2, 0.25) is 0 Å². The third-order valence-electron chi connectivity index (χ3n) is 5.52. The van der Waals surface area contributed by atoms with Crippen LogP contribution in [0.25, 0.3) is 0 Å². The van der Waals surface area contributed by atoms with Crippen molar-refractivity contribution in [3.05, 3.63) is 35.4 Å². The standard InChI is InChI=1S/C18H28N2/c1-14-8-4-5-9-17(14)16(3)20-13-18(10-6-7-11-18)19-12-15(20)2/h4-5,8-9,15-16,19H,6-7,10-13H2,1-3H3. The molecule has 0 bridgehead atoms. The molecule has 2 aliphatic rings. The van der Waals surface area contributed by atoms with Gasteiger partial charge in [0.1, 0.15) is 0 Å². The largest absolute Gasteiger partial charge is 0.308 e. The fraction of sp³-hybridized carbons (Fsp3) is 0.667. The van der Waals surface area contributed by atoms with Crippen molar-refractivity contribution in [1.29, 1.82) is 0 Å². The third-order valence-corrected chi connectivity index (χ3v) is 5.52. The van der Waals surface area contributed by atoms with Crippen LogP contribution >= 0.6 is 0 Å². The molecule has 1 saturated carbocycles. The average Bonchev–Trinajstić information content (AvgIpc) is 2.90. The summed E-state index contributed by atoms with van der Waals surface area (Å²) in [5.74, 6) is 0. The fourth-order valence-electron chi connectivity index (χ4n) is 4.18. The highest BCUT2D eigenvalue weighted by Crippen LogP contribution is 2.36. The first-order chi connectivity index (χ1) is 9.61. The molecular weight excluding hydrogens is 244 g/mol. The number of rotatable bonds is 2. The summed E-state index contributed by atoms with van der Waals surface area (Å²) in [7, 11) is 0. The highest BCUT2D eigenvalue weighted by molar-refractivity contribution is 5.28. The molecule has 2 nitrogen and oxygen atoms in total. The van der Waals surface area contributed by atoms with Crippen LogP contribution in [-0.4, -0.2) is 29.6 Å². The van der Waals surface area contributed by atoms with Gasteiger partial charge in [-0.1, -0.05) is 37.1 Å². The Labute approximate surface area is 123 Å². The van der Waals surface area contributed by atoms with Crippen molar-refractivity contribution >= 4 is 0 Å². The van der Waals surface area contributed by atoms with E-state index in [0.717, 1.165) is 6.54 Å². The van der Waals surface area contributed by atoms with E-state index in [4.69, 9.17) is 0 Å². The first kappa shape index (κ1) is 14.1. The van der Waals surface area contributed by atoms with Gasteiger partial charge in [-0.2, -0.15) is 0 Å². The molecule has 0 radical (unpaired) electrons. The molecule has 1 heterocycles. The summed E-state index contributed by atoms with van der Waals surface area (Å²) in [6, 6.07) is 10.0. The number of nitrogens with zero attached hydrogens (tertiary/aromatic N) is 1. The number of piperazine rings is 1. The van der Waals surface area contributed by atoms with Gasteiger partial charge in [0.25, 0.3) is 0 Å². The SMILES string of the molecule is Cc1ccccc1C(C)N1CC2(CCCC2)NCC1C. The lowest BCUT2D eigenvalue weighted by Crippen LogP contribution is -2.62. The van der Waals surface area contributed by atoms with Crippen molar-refractivity contribution in [3.8, 4) is 0 Å². The van der Waals surface area contributed by atoms with E-state index in [-0.39, 0.29) is 0 Å². The van der Waals surface area contributed by atoms with Crippen LogP contribution in [0.3, 0.4) is 0 Å². The second kappa shape index (κ2) is 5.50. The Morgan fingerprint density at radius 2 is 1.95 bits per heavy atom. The van der Waals surface area contributed by atoms with E-state index in [0.29, 0.717) is 17.6 Å². The van der Waals surface area contributed by atoms with E-state index < -0.39 is 0 Å². The van der Waals surface area contributed by atoms with Crippen molar-refractivity contribution in [3.63, 3.8) is 0 Å². The van der Waals surface area contributed by atoms with Gasteiger partial charge in [0.15, 0.2) is 0 Å².